The molecule has 0 saturated heterocycles. The van der Waals surface area contributed by atoms with E-state index in [-0.39, 0.29) is 5.82 Å². The normalized spacial score (nSPS) is 14.1. The molecule has 24 heavy (non-hydrogen) atoms. The smallest absolute Gasteiger partial charge is 0.286 e. The third kappa shape index (κ3) is 3.30. The molecule has 7 heteroatoms. The van der Waals surface area contributed by atoms with Crippen LogP contribution in [0.5, 0.6) is 11.5 Å². The first kappa shape index (κ1) is 16.2. The minimum absolute atomic E-state index is 0.0117. The second-order valence-electron chi connectivity index (χ2n) is 5.59. The molecule has 2 N–H and O–H groups in total. The van der Waals surface area contributed by atoms with Crippen LogP contribution in [0.15, 0.2) is 18.2 Å². The van der Waals surface area contributed by atoms with Crippen LogP contribution in [-0.4, -0.2) is 41.5 Å². The van der Waals surface area contributed by atoms with E-state index in [0.29, 0.717) is 13.1 Å². The largest absolute Gasteiger partial charge is 0.497 e. The number of amides is 1. The number of primary amides is 1. The van der Waals surface area contributed by atoms with Gasteiger partial charge in [0.2, 0.25) is 5.82 Å². The van der Waals surface area contributed by atoms with Gasteiger partial charge in [-0.05, 0) is 12.5 Å². The van der Waals surface area contributed by atoms with Gasteiger partial charge >= 0.3 is 0 Å². The van der Waals surface area contributed by atoms with E-state index in [9.17, 15) is 4.79 Å². The number of ether oxygens (including phenoxy) is 2. The minimum Gasteiger partial charge on any atom is -0.497 e. The van der Waals surface area contributed by atoms with Crippen LogP contribution in [0.25, 0.3) is 0 Å². The lowest BCUT2D eigenvalue weighted by Gasteiger charge is -2.28. The van der Waals surface area contributed by atoms with Crippen molar-refractivity contribution in [3.63, 3.8) is 0 Å². The molecule has 0 aliphatic carbocycles. The van der Waals surface area contributed by atoms with Crippen LogP contribution in [0.3, 0.4) is 0 Å². The molecule has 0 spiro atoms. The van der Waals surface area contributed by atoms with Gasteiger partial charge in [0.25, 0.3) is 5.91 Å². The predicted molar refractivity (Wildman–Crippen MR) is 86.7 cm³/mol. The Morgan fingerprint density at radius 1 is 1.38 bits per heavy atom. The van der Waals surface area contributed by atoms with Crippen LogP contribution in [0.4, 0.5) is 0 Å². The van der Waals surface area contributed by atoms with E-state index in [0.717, 1.165) is 41.3 Å². The first-order chi connectivity index (χ1) is 11.6. The monoisotopic (exact) mass is 327 g/mol. The zero-order valence-electron chi connectivity index (χ0n) is 13.7. The van der Waals surface area contributed by atoms with Gasteiger partial charge in [0.1, 0.15) is 11.5 Å². The van der Waals surface area contributed by atoms with Gasteiger partial charge in [-0.1, -0.05) is 6.07 Å². The maximum Gasteiger partial charge on any atom is 0.286 e. The highest BCUT2D eigenvalue weighted by Gasteiger charge is 2.21. The molecule has 2 aromatic rings. The lowest BCUT2D eigenvalue weighted by molar-refractivity contribution is 0.0989. The molecule has 0 atom stereocenters. The van der Waals surface area contributed by atoms with Gasteiger partial charge in [0.15, 0.2) is 0 Å². The first-order valence-electron chi connectivity index (χ1n) is 7.61. The molecule has 0 fully saturated rings. The molecule has 0 saturated carbocycles. The van der Waals surface area contributed by atoms with Gasteiger partial charge in [-0.25, -0.2) is 9.97 Å². The predicted octanol–water partition coefficient (Wildman–Crippen LogP) is 0.951. The van der Waals surface area contributed by atoms with Crippen LogP contribution in [0.1, 0.15) is 27.4 Å². The summed E-state index contributed by atoms with van der Waals surface area (Å²) in [5, 5.41) is 0. The number of rotatable bonds is 5. The molecule has 1 aliphatic heterocycles. The number of hydrogen-bond acceptors (Lipinski definition) is 6. The number of nitrogens with zero attached hydrogens (tertiary/aromatic N) is 3. The summed E-state index contributed by atoms with van der Waals surface area (Å²) in [4.78, 5) is 21.6. The molecule has 2 heterocycles. The number of hydrogen-bond donors (Lipinski definition) is 1. The summed E-state index contributed by atoms with van der Waals surface area (Å²) in [6, 6.07) is 5.78. The topological polar surface area (TPSA) is 90.6 Å². The number of nitrogens with two attached hydrogens (primary N) is 1. The molecule has 0 bridgehead atoms. The molecule has 1 amide bonds. The Kier molecular flexibility index (Phi) is 4.61. The Hall–Kier alpha value is -2.67. The molecule has 1 aromatic heterocycles. The molecule has 1 radical (unpaired) electrons. The summed E-state index contributed by atoms with van der Waals surface area (Å²) in [7, 11) is 3.27. The Morgan fingerprint density at radius 2 is 2.21 bits per heavy atom. The van der Waals surface area contributed by atoms with Crippen molar-refractivity contribution < 1.29 is 14.3 Å². The summed E-state index contributed by atoms with van der Waals surface area (Å²) in [6.07, 6.45) is 3.66. The summed E-state index contributed by atoms with van der Waals surface area (Å²) in [5.74, 6) is 0.917. The summed E-state index contributed by atoms with van der Waals surface area (Å²) < 4.78 is 10.7. The highest BCUT2D eigenvalue weighted by atomic mass is 16.5. The third-order valence-corrected chi connectivity index (χ3v) is 4.05. The van der Waals surface area contributed by atoms with E-state index >= 15 is 0 Å². The van der Waals surface area contributed by atoms with Crippen LogP contribution in [0.2, 0.25) is 0 Å². The van der Waals surface area contributed by atoms with Gasteiger partial charge in [-0.15, -0.1) is 0 Å². The van der Waals surface area contributed by atoms with Crippen LogP contribution in [0, 0.1) is 6.20 Å². The maximum atomic E-state index is 11.2. The van der Waals surface area contributed by atoms with E-state index < -0.39 is 5.91 Å². The van der Waals surface area contributed by atoms with Crippen molar-refractivity contribution in [1.29, 1.82) is 0 Å². The van der Waals surface area contributed by atoms with Crippen molar-refractivity contribution in [3.05, 3.63) is 47.0 Å². The van der Waals surface area contributed by atoms with E-state index in [2.05, 4.69) is 21.1 Å². The molecule has 3 rings (SSSR count). The zero-order valence-corrected chi connectivity index (χ0v) is 13.7. The summed E-state index contributed by atoms with van der Waals surface area (Å²) in [6.45, 7) is 2.18. The van der Waals surface area contributed by atoms with Crippen molar-refractivity contribution in [2.75, 3.05) is 20.8 Å². The first-order valence-corrected chi connectivity index (χ1v) is 7.61. The lowest BCUT2D eigenvalue weighted by atomic mass is 10.1. The number of carbonyl (C=O) groups excluding carboxylic acids is 1. The van der Waals surface area contributed by atoms with Gasteiger partial charge in [0.05, 0.1) is 26.1 Å². The average Bonchev–Trinajstić information content (AvgIpc) is 2.61. The van der Waals surface area contributed by atoms with Crippen molar-refractivity contribution in [2.45, 2.75) is 19.5 Å². The van der Waals surface area contributed by atoms with Crippen LogP contribution < -0.4 is 15.2 Å². The maximum absolute atomic E-state index is 11.2. The summed E-state index contributed by atoms with van der Waals surface area (Å²) >= 11 is 0. The second-order valence-corrected chi connectivity index (χ2v) is 5.59. The highest BCUT2D eigenvalue weighted by molar-refractivity contribution is 5.88. The van der Waals surface area contributed by atoms with Gasteiger partial charge < -0.3 is 15.2 Å². The van der Waals surface area contributed by atoms with E-state index in [1.807, 2.05) is 18.2 Å². The summed E-state index contributed by atoms with van der Waals surface area (Å²) in [5.41, 5.74) is 8.05. The molecular formula is C17H19N4O3. The fraction of sp³-hybridized carbons (Fsp3) is 0.353. The highest BCUT2D eigenvalue weighted by Crippen LogP contribution is 2.27. The molecule has 0 unspecified atom stereocenters. The van der Waals surface area contributed by atoms with Crippen molar-refractivity contribution in [3.8, 4) is 11.5 Å². The van der Waals surface area contributed by atoms with Crippen molar-refractivity contribution >= 4 is 5.91 Å². The van der Waals surface area contributed by atoms with Gasteiger partial charge in [-0.2, -0.15) is 0 Å². The Bertz CT molecular complexity index is 763. The van der Waals surface area contributed by atoms with Crippen molar-refractivity contribution in [1.82, 2.24) is 14.9 Å². The number of methoxy groups -OCH3 is 2. The average molecular weight is 327 g/mol. The van der Waals surface area contributed by atoms with Gasteiger partial charge in [0, 0.05) is 36.8 Å². The minimum atomic E-state index is -0.636. The van der Waals surface area contributed by atoms with E-state index in [4.69, 9.17) is 15.2 Å². The molecule has 1 aliphatic rings. The SMILES string of the molecule is COc1ccc(CN2CCc3[c]nc(C(N)=O)nc3C2)c(OC)c1. The molecule has 7 nitrogen and oxygen atoms in total. The quantitative estimate of drug-likeness (QED) is 0.879. The fourth-order valence-corrected chi connectivity index (χ4v) is 2.77. The van der Waals surface area contributed by atoms with Gasteiger partial charge in [-0.3, -0.25) is 9.69 Å². The Morgan fingerprint density at radius 3 is 2.92 bits per heavy atom. The van der Waals surface area contributed by atoms with E-state index in [1.165, 1.54) is 0 Å². The lowest BCUT2D eigenvalue weighted by Crippen LogP contribution is -2.32. The van der Waals surface area contributed by atoms with Crippen molar-refractivity contribution in [2.24, 2.45) is 5.73 Å². The second kappa shape index (κ2) is 6.84. The fourth-order valence-electron chi connectivity index (χ4n) is 2.77. The number of fused-ring (bicyclic) bond motifs is 1. The number of benzene rings is 1. The standard InChI is InChI=1S/C17H19N4O3/c1-23-13-4-3-12(15(7-13)24-2)9-21-6-5-11-8-19-17(16(18)22)20-14(11)10-21/h3-4,7H,5-6,9-10H2,1-2H3,(H2,18,22). The zero-order chi connectivity index (χ0) is 17.1. The van der Waals surface area contributed by atoms with Crippen LogP contribution in [-0.2, 0) is 19.5 Å². The molecule has 125 valence electrons. The third-order valence-electron chi connectivity index (χ3n) is 4.05. The molecular weight excluding hydrogens is 308 g/mol. The number of aromatic nitrogens is 2. The molecule has 1 aromatic carbocycles. The Balaban J connectivity index is 1.78. The Labute approximate surface area is 140 Å². The van der Waals surface area contributed by atoms with E-state index in [1.54, 1.807) is 14.2 Å². The number of carbonyl (C=O) groups is 1. The van der Waals surface area contributed by atoms with Crippen LogP contribution >= 0.6 is 0 Å².